The standard InChI is InChI=1S/C27H21FN2O5/c1-34-21-12-6-17(7-13-21)24(31)22-23(16-2-8-19(28)9-3-16)30(27(33)25(22)32)20-10-4-18(5-11-20)26-29-14-15-35-26/h2-13,32-33H,14-15H2,1H3. The number of ether oxygens (including phenoxy) is 2. The van der Waals surface area contributed by atoms with Crippen LogP contribution in [0.5, 0.6) is 17.4 Å². The second-order valence-corrected chi connectivity index (χ2v) is 7.88. The molecule has 0 fully saturated rings. The van der Waals surface area contributed by atoms with Crippen LogP contribution in [0, 0.1) is 5.82 Å². The lowest BCUT2D eigenvalue weighted by atomic mass is 9.99. The number of benzene rings is 3. The Balaban J connectivity index is 1.68. The third kappa shape index (κ3) is 3.99. The highest BCUT2D eigenvalue weighted by Crippen LogP contribution is 2.44. The first-order valence-corrected chi connectivity index (χ1v) is 10.9. The molecule has 0 aliphatic carbocycles. The van der Waals surface area contributed by atoms with E-state index in [1.165, 1.54) is 35.9 Å². The minimum absolute atomic E-state index is 0.105. The predicted molar refractivity (Wildman–Crippen MR) is 128 cm³/mol. The molecule has 0 spiro atoms. The Morgan fingerprint density at radius 2 is 1.63 bits per heavy atom. The number of hydrogen-bond acceptors (Lipinski definition) is 6. The van der Waals surface area contributed by atoms with E-state index >= 15 is 0 Å². The largest absolute Gasteiger partial charge is 0.503 e. The van der Waals surface area contributed by atoms with Crippen molar-refractivity contribution in [3.05, 3.63) is 95.3 Å². The molecule has 3 aromatic carbocycles. The molecule has 0 saturated carbocycles. The van der Waals surface area contributed by atoms with Gasteiger partial charge in [-0.1, -0.05) is 0 Å². The van der Waals surface area contributed by atoms with E-state index in [1.54, 1.807) is 48.5 Å². The van der Waals surface area contributed by atoms with Crippen LogP contribution in [-0.2, 0) is 4.74 Å². The van der Waals surface area contributed by atoms with Crippen molar-refractivity contribution in [3.8, 4) is 34.3 Å². The monoisotopic (exact) mass is 472 g/mol. The van der Waals surface area contributed by atoms with Gasteiger partial charge in [0.1, 0.15) is 18.2 Å². The number of methoxy groups -OCH3 is 1. The summed E-state index contributed by atoms with van der Waals surface area (Å²) in [7, 11) is 1.52. The van der Waals surface area contributed by atoms with Gasteiger partial charge in [-0.2, -0.15) is 0 Å². The van der Waals surface area contributed by atoms with Crippen molar-refractivity contribution in [1.29, 1.82) is 0 Å². The molecule has 0 bridgehead atoms. The molecule has 0 radical (unpaired) electrons. The average molecular weight is 472 g/mol. The molecule has 1 aliphatic heterocycles. The highest BCUT2D eigenvalue weighted by Gasteiger charge is 2.30. The van der Waals surface area contributed by atoms with Gasteiger partial charge in [0.25, 0.3) is 0 Å². The SMILES string of the molecule is COc1ccc(C(=O)c2c(O)c(O)n(-c3ccc(C4=NCCO4)cc3)c2-c2ccc(F)cc2)cc1. The number of aromatic hydroxyl groups is 2. The molecule has 2 N–H and O–H groups in total. The second kappa shape index (κ2) is 8.98. The summed E-state index contributed by atoms with van der Waals surface area (Å²) in [5, 5.41) is 21.9. The number of nitrogens with zero attached hydrogens (tertiary/aromatic N) is 2. The Labute approximate surface area is 200 Å². The Hall–Kier alpha value is -4.59. The van der Waals surface area contributed by atoms with E-state index in [0.29, 0.717) is 36.0 Å². The smallest absolute Gasteiger partial charge is 0.240 e. The van der Waals surface area contributed by atoms with Crippen LogP contribution in [0.15, 0.2) is 77.8 Å². The van der Waals surface area contributed by atoms with E-state index in [-0.39, 0.29) is 16.8 Å². The number of aliphatic imine (C=N–C) groups is 1. The molecule has 4 aromatic rings. The van der Waals surface area contributed by atoms with Crippen molar-refractivity contribution in [1.82, 2.24) is 4.57 Å². The fourth-order valence-electron chi connectivity index (χ4n) is 4.04. The number of aromatic nitrogens is 1. The van der Waals surface area contributed by atoms with Gasteiger partial charge in [0.15, 0.2) is 11.5 Å². The lowest BCUT2D eigenvalue weighted by Crippen LogP contribution is -2.06. The Morgan fingerprint density at radius 3 is 2.23 bits per heavy atom. The molecular weight excluding hydrogens is 451 g/mol. The van der Waals surface area contributed by atoms with Gasteiger partial charge in [-0.25, -0.2) is 9.38 Å². The quantitative estimate of drug-likeness (QED) is 0.397. The van der Waals surface area contributed by atoms with Gasteiger partial charge >= 0.3 is 0 Å². The van der Waals surface area contributed by atoms with Gasteiger partial charge in [0.2, 0.25) is 11.8 Å². The first-order chi connectivity index (χ1) is 17.0. The number of halogens is 1. The van der Waals surface area contributed by atoms with Gasteiger partial charge in [0.05, 0.1) is 24.9 Å². The summed E-state index contributed by atoms with van der Waals surface area (Å²) in [6, 6.07) is 18.9. The molecule has 0 atom stereocenters. The van der Waals surface area contributed by atoms with Crippen molar-refractivity contribution < 1.29 is 28.9 Å². The van der Waals surface area contributed by atoms with Crippen molar-refractivity contribution in [2.45, 2.75) is 0 Å². The highest BCUT2D eigenvalue weighted by atomic mass is 19.1. The molecular formula is C27H21FN2O5. The Kier molecular flexibility index (Phi) is 5.70. The highest BCUT2D eigenvalue weighted by molar-refractivity contribution is 6.15. The van der Waals surface area contributed by atoms with Crippen molar-refractivity contribution in [2.24, 2.45) is 4.99 Å². The Morgan fingerprint density at radius 1 is 0.971 bits per heavy atom. The third-order valence-electron chi connectivity index (χ3n) is 5.78. The maximum atomic E-state index is 13.7. The molecule has 2 heterocycles. The molecule has 0 saturated heterocycles. The van der Waals surface area contributed by atoms with E-state index in [9.17, 15) is 19.4 Å². The van der Waals surface area contributed by atoms with Crippen LogP contribution in [0.3, 0.4) is 0 Å². The minimum atomic E-state index is -0.572. The Bertz CT molecular complexity index is 1420. The molecule has 7 nitrogen and oxygen atoms in total. The fourth-order valence-corrected chi connectivity index (χ4v) is 4.04. The maximum absolute atomic E-state index is 13.7. The zero-order valence-electron chi connectivity index (χ0n) is 18.7. The van der Waals surface area contributed by atoms with Gasteiger partial charge in [-0.05, 0) is 78.4 Å². The zero-order valence-corrected chi connectivity index (χ0v) is 18.7. The van der Waals surface area contributed by atoms with Gasteiger partial charge in [0, 0.05) is 16.8 Å². The van der Waals surface area contributed by atoms with Crippen molar-refractivity contribution in [2.75, 3.05) is 20.3 Å². The number of ketones is 1. The molecule has 1 aromatic heterocycles. The van der Waals surface area contributed by atoms with Crippen LogP contribution >= 0.6 is 0 Å². The van der Waals surface area contributed by atoms with Crippen LogP contribution in [-0.4, -0.2) is 46.7 Å². The number of rotatable bonds is 6. The normalized spacial score (nSPS) is 12.8. The predicted octanol–water partition coefficient (Wildman–Crippen LogP) is 4.71. The molecule has 0 amide bonds. The number of hydrogen-bond donors (Lipinski definition) is 2. The van der Waals surface area contributed by atoms with E-state index in [4.69, 9.17) is 9.47 Å². The van der Waals surface area contributed by atoms with Gasteiger partial charge in [-0.15, -0.1) is 0 Å². The number of carbonyl (C=O) groups is 1. The average Bonchev–Trinajstić information content (AvgIpc) is 3.52. The summed E-state index contributed by atoms with van der Waals surface area (Å²) in [5.74, 6) is -0.943. The summed E-state index contributed by atoms with van der Waals surface area (Å²) in [6.07, 6.45) is 0. The van der Waals surface area contributed by atoms with Crippen molar-refractivity contribution in [3.63, 3.8) is 0 Å². The van der Waals surface area contributed by atoms with Gasteiger partial charge in [-0.3, -0.25) is 9.36 Å². The van der Waals surface area contributed by atoms with Crippen LogP contribution in [0.2, 0.25) is 0 Å². The lowest BCUT2D eigenvalue weighted by Gasteiger charge is -2.13. The molecule has 5 rings (SSSR count). The second-order valence-electron chi connectivity index (χ2n) is 7.88. The topological polar surface area (TPSA) is 93.3 Å². The van der Waals surface area contributed by atoms with Gasteiger partial charge < -0.3 is 19.7 Å². The van der Waals surface area contributed by atoms with Crippen LogP contribution < -0.4 is 4.74 Å². The molecule has 35 heavy (non-hydrogen) atoms. The van der Waals surface area contributed by atoms with E-state index in [2.05, 4.69) is 4.99 Å². The fraction of sp³-hybridized carbons (Fsp3) is 0.111. The summed E-state index contributed by atoms with van der Waals surface area (Å²) >= 11 is 0. The minimum Gasteiger partial charge on any atom is -0.503 e. The van der Waals surface area contributed by atoms with E-state index < -0.39 is 23.2 Å². The first-order valence-electron chi connectivity index (χ1n) is 10.9. The van der Waals surface area contributed by atoms with Crippen LogP contribution in [0.4, 0.5) is 4.39 Å². The van der Waals surface area contributed by atoms with E-state index in [0.717, 1.165) is 5.56 Å². The summed E-state index contributed by atoms with van der Waals surface area (Å²) in [5.41, 5.74) is 2.09. The third-order valence-corrected chi connectivity index (χ3v) is 5.78. The lowest BCUT2D eigenvalue weighted by molar-refractivity contribution is 0.103. The van der Waals surface area contributed by atoms with Crippen LogP contribution in [0.25, 0.3) is 16.9 Å². The molecule has 8 heteroatoms. The first kappa shape index (κ1) is 22.2. The van der Waals surface area contributed by atoms with E-state index in [1.807, 2.05) is 0 Å². The summed E-state index contributed by atoms with van der Waals surface area (Å²) < 4.78 is 25.7. The molecule has 176 valence electrons. The summed E-state index contributed by atoms with van der Waals surface area (Å²) in [6.45, 7) is 1.11. The summed E-state index contributed by atoms with van der Waals surface area (Å²) in [4.78, 5) is 17.8. The number of carbonyl (C=O) groups excluding carboxylic acids is 1. The van der Waals surface area contributed by atoms with Crippen molar-refractivity contribution >= 4 is 11.7 Å². The van der Waals surface area contributed by atoms with Crippen LogP contribution in [0.1, 0.15) is 21.5 Å². The maximum Gasteiger partial charge on any atom is 0.240 e. The molecule has 0 unspecified atom stereocenters. The zero-order chi connectivity index (χ0) is 24.5. The molecule has 1 aliphatic rings.